The Balaban J connectivity index is 1.61. The summed E-state index contributed by atoms with van der Waals surface area (Å²) in [5.74, 6) is -0.594. The van der Waals surface area contributed by atoms with Crippen molar-refractivity contribution < 1.29 is 14.7 Å². The molecule has 136 valence electrons. The molecule has 4 nitrogen and oxygen atoms in total. The van der Waals surface area contributed by atoms with Crippen LogP contribution in [-0.4, -0.2) is 16.8 Å². The SMILES string of the molecule is O=C(Cc1ccccc1)C[C@]1(O)C(=O)N(Cc2cccs2)c2ccccc21. The molecular weight excluding hydrogens is 358 g/mol. The monoisotopic (exact) mass is 377 g/mol. The molecule has 0 fully saturated rings. The molecule has 2 heterocycles. The molecule has 0 radical (unpaired) electrons. The van der Waals surface area contributed by atoms with Crippen LogP contribution in [0.15, 0.2) is 72.1 Å². The van der Waals surface area contributed by atoms with Gasteiger partial charge in [0, 0.05) is 23.3 Å². The van der Waals surface area contributed by atoms with Gasteiger partial charge in [-0.2, -0.15) is 0 Å². The number of hydrogen-bond acceptors (Lipinski definition) is 4. The highest BCUT2D eigenvalue weighted by molar-refractivity contribution is 7.09. The number of carbonyl (C=O) groups is 2. The maximum absolute atomic E-state index is 13.1. The summed E-state index contributed by atoms with van der Waals surface area (Å²) >= 11 is 1.56. The summed E-state index contributed by atoms with van der Waals surface area (Å²) in [7, 11) is 0. The molecular formula is C22H19NO3S. The van der Waals surface area contributed by atoms with E-state index in [2.05, 4.69) is 0 Å². The summed E-state index contributed by atoms with van der Waals surface area (Å²) in [6.07, 6.45) is -0.0256. The molecule has 0 unspecified atom stereocenters. The molecule has 1 atom stereocenters. The number of nitrogens with zero attached hydrogens (tertiary/aromatic N) is 1. The summed E-state index contributed by atoms with van der Waals surface area (Å²) < 4.78 is 0. The average Bonchev–Trinajstić information content (AvgIpc) is 3.25. The van der Waals surface area contributed by atoms with Crippen molar-refractivity contribution in [2.24, 2.45) is 0 Å². The van der Waals surface area contributed by atoms with Crippen molar-refractivity contribution in [3.8, 4) is 0 Å². The minimum absolute atomic E-state index is 0.162. The maximum Gasteiger partial charge on any atom is 0.264 e. The highest BCUT2D eigenvalue weighted by Crippen LogP contribution is 2.43. The van der Waals surface area contributed by atoms with Crippen molar-refractivity contribution in [3.63, 3.8) is 0 Å². The molecule has 0 saturated carbocycles. The molecule has 1 aliphatic rings. The van der Waals surface area contributed by atoms with Gasteiger partial charge in [-0.25, -0.2) is 0 Å². The third-order valence-electron chi connectivity index (χ3n) is 4.83. The van der Waals surface area contributed by atoms with Gasteiger partial charge in [0.1, 0.15) is 5.78 Å². The Hall–Kier alpha value is -2.76. The van der Waals surface area contributed by atoms with E-state index >= 15 is 0 Å². The van der Waals surface area contributed by atoms with E-state index in [0.717, 1.165) is 10.4 Å². The number of para-hydroxylation sites is 1. The van der Waals surface area contributed by atoms with E-state index in [4.69, 9.17) is 0 Å². The van der Waals surface area contributed by atoms with Crippen LogP contribution in [0.25, 0.3) is 0 Å². The molecule has 1 amide bonds. The topological polar surface area (TPSA) is 57.6 Å². The van der Waals surface area contributed by atoms with Gasteiger partial charge in [0.2, 0.25) is 0 Å². The molecule has 2 aromatic carbocycles. The van der Waals surface area contributed by atoms with Gasteiger partial charge in [0.05, 0.1) is 12.2 Å². The number of carbonyl (C=O) groups excluding carboxylic acids is 2. The van der Waals surface area contributed by atoms with Gasteiger partial charge in [0.25, 0.3) is 5.91 Å². The van der Waals surface area contributed by atoms with Crippen LogP contribution in [-0.2, 0) is 28.2 Å². The van der Waals surface area contributed by atoms with E-state index < -0.39 is 11.5 Å². The predicted octanol–water partition coefficient (Wildman–Crippen LogP) is 3.68. The molecule has 0 saturated heterocycles. The predicted molar refractivity (Wildman–Crippen MR) is 106 cm³/mol. The zero-order valence-electron chi connectivity index (χ0n) is 14.7. The van der Waals surface area contributed by atoms with Gasteiger partial charge >= 0.3 is 0 Å². The Bertz CT molecular complexity index is 968. The van der Waals surface area contributed by atoms with Crippen molar-refractivity contribution in [2.45, 2.75) is 25.0 Å². The zero-order valence-corrected chi connectivity index (χ0v) is 15.5. The van der Waals surface area contributed by atoms with Gasteiger partial charge in [-0.15, -0.1) is 11.3 Å². The molecule has 0 spiro atoms. The standard InChI is InChI=1S/C22H19NO3S/c24-17(13-16-7-2-1-3-8-16)14-22(26)19-10-4-5-11-20(19)23(21(22)25)15-18-9-6-12-27-18/h1-12,26H,13-15H2/t22-/m1/s1. The Kier molecular flexibility index (Phi) is 4.64. The fourth-order valence-electron chi connectivity index (χ4n) is 3.56. The first kappa shape index (κ1) is 17.6. The van der Waals surface area contributed by atoms with Crippen LogP contribution in [0, 0.1) is 0 Å². The largest absolute Gasteiger partial charge is 0.375 e. The van der Waals surface area contributed by atoms with Gasteiger partial charge in [-0.3, -0.25) is 9.59 Å². The lowest BCUT2D eigenvalue weighted by Crippen LogP contribution is -2.41. The number of amides is 1. The summed E-state index contributed by atoms with van der Waals surface area (Å²) in [6, 6.07) is 20.4. The second-order valence-electron chi connectivity index (χ2n) is 6.73. The van der Waals surface area contributed by atoms with Crippen LogP contribution in [0.2, 0.25) is 0 Å². The van der Waals surface area contributed by atoms with Crippen molar-refractivity contribution in [1.29, 1.82) is 0 Å². The molecule has 0 aliphatic carbocycles. The van der Waals surface area contributed by atoms with Crippen LogP contribution in [0.4, 0.5) is 5.69 Å². The molecule has 0 bridgehead atoms. The Morgan fingerprint density at radius 2 is 1.74 bits per heavy atom. The van der Waals surface area contributed by atoms with Gasteiger partial charge in [-0.05, 0) is 23.1 Å². The maximum atomic E-state index is 13.1. The van der Waals surface area contributed by atoms with E-state index in [0.29, 0.717) is 17.8 Å². The molecule has 4 rings (SSSR count). The van der Waals surface area contributed by atoms with Crippen LogP contribution < -0.4 is 4.90 Å². The Morgan fingerprint density at radius 3 is 2.48 bits per heavy atom. The van der Waals surface area contributed by atoms with E-state index in [1.165, 1.54) is 0 Å². The second kappa shape index (κ2) is 7.10. The first-order valence-corrected chi connectivity index (χ1v) is 9.68. The summed E-state index contributed by atoms with van der Waals surface area (Å²) in [5.41, 5.74) is 0.249. The third kappa shape index (κ3) is 3.31. The summed E-state index contributed by atoms with van der Waals surface area (Å²) in [5, 5.41) is 13.2. The van der Waals surface area contributed by atoms with Crippen LogP contribution >= 0.6 is 11.3 Å². The van der Waals surface area contributed by atoms with Crippen molar-refractivity contribution >= 4 is 28.7 Å². The number of aliphatic hydroxyl groups is 1. The van der Waals surface area contributed by atoms with Crippen molar-refractivity contribution in [2.75, 3.05) is 4.90 Å². The first-order chi connectivity index (χ1) is 13.1. The lowest BCUT2D eigenvalue weighted by molar-refractivity contribution is -0.141. The Labute approximate surface area is 161 Å². The number of fused-ring (bicyclic) bond motifs is 1. The lowest BCUT2D eigenvalue weighted by atomic mass is 9.88. The average molecular weight is 377 g/mol. The highest BCUT2D eigenvalue weighted by atomic mass is 32.1. The van der Waals surface area contributed by atoms with Crippen LogP contribution in [0.1, 0.15) is 22.4 Å². The fraction of sp³-hybridized carbons (Fsp3) is 0.182. The fourth-order valence-corrected chi connectivity index (χ4v) is 4.26. The normalized spacial score (nSPS) is 18.6. The zero-order chi connectivity index (χ0) is 18.9. The molecule has 27 heavy (non-hydrogen) atoms. The van der Waals surface area contributed by atoms with E-state index in [1.807, 2.05) is 60.0 Å². The number of rotatable bonds is 6. The lowest BCUT2D eigenvalue weighted by Gasteiger charge is -2.22. The Morgan fingerprint density at radius 1 is 1.00 bits per heavy atom. The number of anilines is 1. The third-order valence-corrected chi connectivity index (χ3v) is 5.69. The summed E-state index contributed by atoms with van der Waals surface area (Å²) in [6.45, 7) is 0.392. The smallest absolute Gasteiger partial charge is 0.264 e. The van der Waals surface area contributed by atoms with Crippen LogP contribution in [0.5, 0.6) is 0 Å². The minimum Gasteiger partial charge on any atom is -0.375 e. The van der Waals surface area contributed by atoms with E-state index in [1.54, 1.807) is 28.4 Å². The second-order valence-corrected chi connectivity index (χ2v) is 7.76. The molecule has 5 heteroatoms. The van der Waals surface area contributed by atoms with Crippen LogP contribution in [0.3, 0.4) is 0 Å². The molecule has 1 aromatic heterocycles. The quantitative estimate of drug-likeness (QED) is 0.713. The highest BCUT2D eigenvalue weighted by Gasteiger charge is 2.50. The van der Waals surface area contributed by atoms with E-state index in [-0.39, 0.29) is 18.6 Å². The van der Waals surface area contributed by atoms with Gasteiger partial charge < -0.3 is 10.0 Å². The summed E-state index contributed by atoms with van der Waals surface area (Å²) in [4.78, 5) is 28.4. The number of thiophene rings is 1. The number of hydrogen-bond donors (Lipinski definition) is 1. The van der Waals surface area contributed by atoms with E-state index in [9.17, 15) is 14.7 Å². The number of ketones is 1. The molecule has 3 aromatic rings. The number of benzene rings is 2. The van der Waals surface area contributed by atoms with Crippen molar-refractivity contribution in [1.82, 2.24) is 0 Å². The first-order valence-electron chi connectivity index (χ1n) is 8.80. The van der Waals surface area contributed by atoms with Crippen molar-refractivity contribution in [3.05, 3.63) is 88.1 Å². The number of Topliss-reactive ketones (excluding diaryl/α,β-unsaturated/α-hetero) is 1. The van der Waals surface area contributed by atoms with Gasteiger partial charge in [0.15, 0.2) is 5.60 Å². The molecule has 1 aliphatic heterocycles. The minimum atomic E-state index is -1.81. The van der Waals surface area contributed by atoms with Gasteiger partial charge in [-0.1, -0.05) is 54.6 Å². The molecule has 1 N–H and O–H groups in total.